The summed E-state index contributed by atoms with van der Waals surface area (Å²) in [7, 11) is 1.17. The zero-order valence-corrected chi connectivity index (χ0v) is 14.7. The Morgan fingerprint density at radius 2 is 1.88 bits per heavy atom. The summed E-state index contributed by atoms with van der Waals surface area (Å²) in [6, 6.07) is 4.70. The van der Waals surface area contributed by atoms with Gasteiger partial charge in [0.1, 0.15) is 0 Å². The van der Waals surface area contributed by atoms with E-state index in [1.54, 1.807) is 6.26 Å². The van der Waals surface area contributed by atoms with Crippen molar-refractivity contribution >= 4 is 40.9 Å². The largest absolute Gasteiger partial charge is 0.464 e. The Bertz CT molecular complexity index is 797. The van der Waals surface area contributed by atoms with Gasteiger partial charge in [0.15, 0.2) is 5.69 Å². The second kappa shape index (κ2) is 7.21. The Morgan fingerprint density at radius 3 is 2.42 bits per heavy atom. The van der Waals surface area contributed by atoms with Crippen molar-refractivity contribution in [3.63, 3.8) is 0 Å². The van der Waals surface area contributed by atoms with E-state index in [1.165, 1.54) is 19.2 Å². The molecule has 24 heavy (non-hydrogen) atoms. The van der Waals surface area contributed by atoms with E-state index in [9.17, 15) is 18.0 Å². The fraction of sp³-hybridized carbons (Fsp3) is 0.200. The lowest BCUT2D eigenvalue weighted by atomic mass is 10.1. The van der Waals surface area contributed by atoms with Gasteiger partial charge in [-0.2, -0.15) is 13.2 Å². The number of hydrogen-bond acceptors (Lipinski definition) is 4. The first-order valence-electron chi connectivity index (χ1n) is 6.39. The van der Waals surface area contributed by atoms with Crippen LogP contribution in [0.15, 0.2) is 29.2 Å². The van der Waals surface area contributed by atoms with Gasteiger partial charge in [0.05, 0.1) is 28.4 Å². The topological polar surface area (TPSA) is 39.2 Å². The number of aromatic nitrogens is 1. The molecular formula is C15H10Cl2F3NO2S. The van der Waals surface area contributed by atoms with Crippen LogP contribution in [0, 0.1) is 0 Å². The molecule has 2 rings (SSSR count). The summed E-state index contributed by atoms with van der Waals surface area (Å²) in [5, 5.41) is -0.0563. The molecule has 0 saturated carbocycles. The third-order valence-electron chi connectivity index (χ3n) is 3.08. The smallest absolute Gasteiger partial charge is 0.416 e. The monoisotopic (exact) mass is 395 g/mol. The maximum Gasteiger partial charge on any atom is 0.416 e. The molecule has 1 aromatic heterocycles. The fourth-order valence-electron chi connectivity index (χ4n) is 1.98. The number of alkyl halides is 3. The van der Waals surface area contributed by atoms with Crippen LogP contribution in [0.2, 0.25) is 10.0 Å². The molecular weight excluding hydrogens is 386 g/mol. The molecule has 0 radical (unpaired) electrons. The highest BCUT2D eigenvalue weighted by Gasteiger charge is 2.32. The Morgan fingerprint density at radius 1 is 1.21 bits per heavy atom. The molecule has 0 N–H and O–H groups in total. The molecule has 128 valence electrons. The summed E-state index contributed by atoms with van der Waals surface area (Å²) in [6.45, 7) is 0. The molecule has 0 aliphatic heterocycles. The molecule has 0 fully saturated rings. The molecule has 9 heteroatoms. The minimum atomic E-state index is -4.52. The predicted octanol–water partition coefficient (Wildman–Crippen LogP) is 5.58. The minimum Gasteiger partial charge on any atom is -0.464 e. The maximum atomic E-state index is 12.9. The van der Waals surface area contributed by atoms with Gasteiger partial charge in [0.25, 0.3) is 0 Å². The van der Waals surface area contributed by atoms with Gasteiger partial charge in [-0.3, -0.25) is 0 Å². The highest BCUT2D eigenvalue weighted by molar-refractivity contribution is 7.98. The first-order valence-corrected chi connectivity index (χ1v) is 8.37. The number of halogens is 5. The van der Waals surface area contributed by atoms with Crippen LogP contribution in [-0.4, -0.2) is 24.3 Å². The van der Waals surface area contributed by atoms with Crippen LogP contribution in [-0.2, 0) is 10.9 Å². The van der Waals surface area contributed by atoms with Gasteiger partial charge in [0.2, 0.25) is 0 Å². The van der Waals surface area contributed by atoms with Crippen molar-refractivity contribution in [3.05, 3.63) is 45.6 Å². The van der Waals surface area contributed by atoms with E-state index >= 15 is 0 Å². The van der Waals surface area contributed by atoms with Crippen LogP contribution in [0.25, 0.3) is 11.3 Å². The van der Waals surface area contributed by atoms with Crippen LogP contribution < -0.4 is 0 Å². The number of methoxy groups -OCH3 is 1. The first kappa shape index (κ1) is 18.9. The van der Waals surface area contributed by atoms with Gasteiger partial charge >= 0.3 is 12.1 Å². The Labute approximate surface area is 150 Å². The van der Waals surface area contributed by atoms with E-state index in [1.807, 2.05) is 0 Å². The number of benzene rings is 1. The summed E-state index contributed by atoms with van der Waals surface area (Å²) in [5.74, 6) is -0.754. The normalized spacial score (nSPS) is 11.5. The molecule has 2 aromatic rings. The lowest BCUT2D eigenvalue weighted by Gasteiger charge is -2.14. The molecule has 3 nitrogen and oxygen atoms in total. The summed E-state index contributed by atoms with van der Waals surface area (Å²) >= 11 is 13.0. The van der Waals surface area contributed by atoms with Gasteiger partial charge < -0.3 is 4.74 Å². The first-order chi connectivity index (χ1) is 11.2. The molecule has 0 aliphatic rings. The van der Waals surface area contributed by atoms with E-state index < -0.39 is 17.7 Å². The van der Waals surface area contributed by atoms with Crippen LogP contribution in [0.3, 0.4) is 0 Å². The van der Waals surface area contributed by atoms with Crippen LogP contribution in [0.1, 0.15) is 16.1 Å². The Hall–Kier alpha value is -1.44. The van der Waals surface area contributed by atoms with Crippen molar-refractivity contribution in [2.24, 2.45) is 0 Å². The zero-order valence-electron chi connectivity index (χ0n) is 12.4. The lowest BCUT2D eigenvalue weighted by Crippen LogP contribution is -2.07. The quantitative estimate of drug-likeness (QED) is 0.502. The van der Waals surface area contributed by atoms with Crippen LogP contribution >= 0.6 is 35.0 Å². The van der Waals surface area contributed by atoms with Crippen molar-refractivity contribution in [3.8, 4) is 11.3 Å². The molecule has 0 saturated heterocycles. The number of rotatable bonds is 3. The Balaban J connectivity index is 2.67. The standard InChI is InChI=1S/C15H10Cl2F3NO2S/c1-23-14(22)13-8(16)3-4-10(21-13)12-9(17)5-7(15(18,19)20)6-11(12)24-2/h3-6H,1-2H3. The second-order valence-electron chi connectivity index (χ2n) is 4.55. The van der Waals surface area contributed by atoms with E-state index in [2.05, 4.69) is 9.72 Å². The Kier molecular flexibility index (Phi) is 5.67. The lowest BCUT2D eigenvalue weighted by molar-refractivity contribution is -0.137. The average molecular weight is 396 g/mol. The van der Waals surface area contributed by atoms with Crippen molar-refractivity contribution in [2.75, 3.05) is 13.4 Å². The van der Waals surface area contributed by atoms with Gasteiger partial charge in [-0.1, -0.05) is 23.2 Å². The number of carbonyl (C=O) groups excluding carboxylic acids is 1. The van der Waals surface area contributed by atoms with Crippen LogP contribution in [0.4, 0.5) is 13.2 Å². The summed E-state index contributed by atoms with van der Waals surface area (Å²) in [6.07, 6.45) is -2.90. The molecule has 1 aromatic carbocycles. The van der Waals surface area contributed by atoms with Gasteiger partial charge in [0, 0.05) is 10.5 Å². The molecule has 0 bridgehead atoms. The highest BCUT2D eigenvalue weighted by atomic mass is 35.5. The van der Waals surface area contributed by atoms with Crippen molar-refractivity contribution in [2.45, 2.75) is 11.1 Å². The number of pyridine rings is 1. The van der Waals surface area contributed by atoms with Gasteiger partial charge in [-0.15, -0.1) is 11.8 Å². The molecule has 1 heterocycles. The van der Waals surface area contributed by atoms with Crippen LogP contribution in [0.5, 0.6) is 0 Å². The molecule has 0 amide bonds. The number of esters is 1. The SMILES string of the molecule is COC(=O)c1nc(-c2c(Cl)cc(C(F)(F)F)cc2SC)ccc1Cl. The molecule has 0 spiro atoms. The highest BCUT2D eigenvalue weighted by Crippen LogP contribution is 2.41. The average Bonchev–Trinajstić information content (AvgIpc) is 2.53. The number of nitrogens with zero attached hydrogens (tertiary/aromatic N) is 1. The minimum absolute atomic E-state index is 0.0688. The number of hydrogen-bond donors (Lipinski definition) is 0. The van der Waals surface area contributed by atoms with Gasteiger partial charge in [-0.05, 0) is 30.5 Å². The summed E-state index contributed by atoms with van der Waals surface area (Å²) in [5.41, 5.74) is -0.482. The fourth-order valence-corrected chi connectivity index (χ4v) is 3.19. The van der Waals surface area contributed by atoms with E-state index in [4.69, 9.17) is 23.2 Å². The zero-order chi connectivity index (χ0) is 18.1. The molecule has 0 unspecified atom stereocenters. The third-order valence-corrected chi connectivity index (χ3v) is 4.45. The van der Waals surface area contributed by atoms with Crippen molar-refractivity contribution in [1.29, 1.82) is 0 Å². The summed E-state index contributed by atoms with van der Waals surface area (Å²) in [4.78, 5) is 16.1. The maximum absolute atomic E-state index is 12.9. The number of ether oxygens (including phenoxy) is 1. The summed E-state index contributed by atoms with van der Waals surface area (Å²) < 4.78 is 43.4. The van der Waals surface area contributed by atoms with E-state index in [0.717, 1.165) is 23.9 Å². The molecule has 0 aliphatic carbocycles. The number of carbonyl (C=O) groups is 1. The van der Waals surface area contributed by atoms with Gasteiger partial charge in [-0.25, -0.2) is 9.78 Å². The number of thioether (sulfide) groups is 1. The van der Waals surface area contributed by atoms with Crippen molar-refractivity contribution in [1.82, 2.24) is 4.98 Å². The third kappa shape index (κ3) is 3.79. The van der Waals surface area contributed by atoms with E-state index in [0.29, 0.717) is 5.56 Å². The predicted molar refractivity (Wildman–Crippen MR) is 87.8 cm³/mol. The molecule has 0 atom stereocenters. The van der Waals surface area contributed by atoms with Crippen molar-refractivity contribution < 1.29 is 22.7 Å². The second-order valence-corrected chi connectivity index (χ2v) is 6.21. The van der Waals surface area contributed by atoms with E-state index in [-0.39, 0.29) is 26.3 Å².